The molecule has 2 rings (SSSR count). The highest BCUT2D eigenvalue weighted by Gasteiger charge is 2.19. The molecule has 4 nitrogen and oxygen atoms in total. The number of anilines is 1. The number of nitrogens with two attached hydrogens (primary N) is 1. The van der Waals surface area contributed by atoms with Crippen LogP contribution in [0.1, 0.15) is 17.7 Å². The fourth-order valence-corrected chi connectivity index (χ4v) is 1.50. The maximum atomic E-state index is 12.8. The molecule has 1 aromatic heterocycles. The van der Waals surface area contributed by atoms with Gasteiger partial charge in [0.25, 0.3) is 6.43 Å². The molecular formula is C11H8F2N4. The molecule has 0 amide bonds. The van der Waals surface area contributed by atoms with Crippen LogP contribution in [0.15, 0.2) is 30.5 Å². The van der Waals surface area contributed by atoms with Gasteiger partial charge in [0.05, 0.1) is 29.2 Å². The van der Waals surface area contributed by atoms with E-state index in [0.717, 1.165) is 4.68 Å². The minimum absolute atomic E-state index is 0.0673. The van der Waals surface area contributed by atoms with E-state index in [9.17, 15) is 8.78 Å². The first-order valence-electron chi connectivity index (χ1n) is 4.75. The van der Waals surface area contributed by atoms with Crippen LogP contribution in [0.4, 0.5) is 14.5 Å². The lowest BCUT2D eigenvalue weighted by Gasteiger charge is -2.07. The molecule has 0 spiro atoms. The van der Waals surface area contributed by atoms with Gasteiger partial charge in [-0.25, -0.2) is 13.5 Å². The first-order chi connectivity index (χ1) is 8.13. The van der Waals surface area contributed by atoms with E-state index in [-0.39, 0.29) is 11.4 Å². The van der Waals surface area contributed by atoms with Gasteiger partial charge in [-0.1, -0.05) is 6.07 Å². The first-order valence-corrected chi connectivity index (χ1v) is 4.75. The zero-order valence-electron chi connectivity index (χ0n) is 8.64. The Bertz CT molecular complexity index is 583. The third kappa shape index (κ3) is 1.95. The highest BCUT2D eigenvalue weighted by atomic mass is 19.3. The molecule has 1 heterocycles. The van der Waals surface area contributed by atoms with Crippen LogP contribution in [0.3, 0.4) is 0 Å². The number of rotatable bonds is 2. The van der Waals surface area contributed by atoms with E-state index in [2.05, 4.69) is 5.10 Å². The molecule has 0 aliphatic rings. The Morgan fingerprint density at radius 1 is 1.41 bits per heavy atom. The Morgan fingerprint density at radius 3 is 2.82 bits per heavy atom. The predicted octanol–water partition coefficient (Wildman–Crippen LogP) is 2.26. The fourth-order valence-electron chi connectivity index (χ4n) is 1.50. The van der Waals surface area contributed by atoms with Gasteiger partial charge in [-0.3, -0.25) is 0 Å². The largest absolute Gasteiger partial charge is 0.396 e. The molecule has 2 aromatic rings. The molecule has 0 saturated carbocycles. The summed E-state index contributed by atoms with van der Waals surface area (Å²) in [7, 11) is 0. The van der Waals surface area contributed by atoms with Gasteiger partial charge in [0.2, 0.25) is 0 Å². The molecule has 0 atom stereocenters. The number of nitriles is 1. The molecule has 1 aromatic carbocycles. The number of hydrogen-bond acceptors (Lipinski definition) is 3. The number of nitrogens with zero attached hydrogens (tertiary/aromatic N) is 3. The number of benzene rings is 1. The Morgan fingerprint density at radius 2 is 2.18 bits per heavy atom. The monoisotopic (exact) mass is 234 g/mol. The lowest BCUT2D eigenvalue weighted by molar-refractivity contribution is 0.143. The summed E-state index contributed by atoms with van der Waals surface area (Å²) in [5, 5.41) is 12.5. The van der Waals surface area contributed by atoms with Gasteiger partial charge >= 0.3 is 0 Å². The van der Waals surface area contributed by atoms with Crippen LogP contribution in [0.25, 0.3) is 5.69 Å². The molecule has 0 unspecified atom stereocenters. The number of aromatic nitrogens is 2. The van der Waals surface area contributed by atoms with Crippen LogP contribution >= 0.6 is 0 Å². The third-order valence-electron chi connectivity index (χ3n) is 2.26. The van der Waals surface area contributed by atoms with E-state index in [4.69, 9.17) is 11.0 Å². The van der Waals surface area contributed by atoms with Crippen molar-refractivity contribution in [1.82, 2.24) is 9.78 Å². The van der Waals surface area contributed by atoms with Crippen LogP contribution in [0, 0.1) is 11.3 Å². The Labute approximate surface area is 95.9 Å². The van der Waals surface area contributed by atoms with Crippen molar-refractivity contribution in [2.75, 3.05) is 5.73 Å². The van der Waals surface area contributed by atoms with Crippen LogP contribution in [-0.4, -0.2) is 9.78 Å². The summed E-state index contributed by atoms with van der Waals surface area (Å²) >= 11 is 0. The third-order valence-corrected chi connectivity index (χ3v) is 2.26. The van der Waals surface area contributed by atoms with Gasteiger partial charge in [0.1, 0.15) is 5.69 Å². The summed E-state index contributed by atoms with van der Waals surface area (Å²) in [6.45, 7) is 0. The van der Waals surface area contributed by atoms with Crippen LogP contribution < -0.4 is 5.73 Å². The minimum Gasteiger partial charge on any atom is -0.396 e. The number of hydrogen-bond donors (Lipinski definition) is 1. The average molecular weight is 234 g/mol. The second-order valence-electron chi connectivity index (χ2n) is 3.36. The van der Waals surface area contributed by atoms with Crippen molar-refractivity contribution < 1.29 is 8.78 Å². The zero-order valence-corrected chi connectivity index (χ0v) is 8.64. The van der Waals surface area contributed by atoms with Crippen LogP contribution in [0.2, 0.25) is 0 Å². The van der Waals surface area contributed by atoms with Gasteiger partial charge in [-0.2, -0.15) is 10.4 Å². The van der Waals surface area contributed by atoms with Crippen molar-refractivity contribution in [3.63, 3.8) is 0 Å². The molecule has 86 valence electrons. The minimum atomic E-state index is -2.72. The smallest absolute Gasteiger partial charge is 0.282 e. The molecule has 0 bridgehead atoms. The lowest BCUT2D eigenvalue weighted by Crippen LogP contribution is -2.04. The standard InChI is InChI=1S/C11H8F2N4/c12-11(13)10-9(15)6-16-17(10)8-3-1-2-7(4-8)5-14/h1-4,6,11H,15H2. The fraction of sp³-hybridized carbons (Fsp3) is 0.0909. The second kappa shape index (κ2) is 4.22. The topological polar surface area (TPSA) is 67.6 Å². The molecule has 0 fully saturated rings. The molecule has 6 heteroatoms. The van der Waals surface area contributed by atoms with Gasteiger partial charge in [-0.05, 0) is 18.2 Å². The Balaban J connectivity index is 2.57. The molecule has 17 heavy (non-hydrogen) atoms. The van der Waals surface area contributed by atoms with Gasteiger partial charge in [-0.15, -0.1) is 0 Å². The molecular weight excluding hydrogens is 226 g/mol. The number of halogens is 2. The second-order valence-corrected chi connectivity index (χ2v) is 3.36. The summed E-state index contributed by atoms with van der Waals surface area (Å²) in [4.78, 5) is 0. The SMILES string of the molecule is N#Cc1cccc(-n2ncc(N)c2C(F)F)c1. The van der Waals surface area contributed by atoms with E-state index >= 15 is 0 Å². The highest BCUT2D eigenvalue weighted by molar-refractivity contribution is 5.48. The van der Waals surface area contributed by atoms with Crippen molar-refractivity contribution in [2.45, 2.75) is 6.43 Å². The van der Waals surface area contributed by atoms with E-state index < -0.39 is 6.43 Å². The zero-order chi connectivity index (χ0) is 12.4. The van der Waals surface area contributed by atoms with Crippen molar-refractivity contribution in [1.29, 1.82) is 5.26 Å². The summed E-state index contributed by atoms with van der Waals surface area (Å²) in [5.41, 5.74) is 5.75. The quantitative estimate of drug-likeness (QED) is 0.866. The molecule has 2 N–H and O–H groups in total. The molecule has 0 aliphatic heterocycles. The van der Waals surface area contributed by atoms with Crippen molar-refractivity contribution in [3.8, 4) is 11.8 Å². The number of alkyl halides is 2. The summed E-state index contributed by atoms with van der Waals surface area (Å²) < 4.78 is 26.6. The summed E-state index contributed by atoms with van der Waals surface area (Å²) in [6, 6.07) is 8.17. The van der Waals surface area contributed by atoms with Crippen molar-refractivity contribution in [3.05, 3.63) is 41.7 Å². The number of nitrogen functional groups attached to an aromatic ring is 1. The predicted molar refractivity (Wildman–Crippen MR) is 57.6 cm³/mol. The van der Waals surface area contributed by atoms with E-state index in [1.165, 1.54) is 12.3 Å². The van der Waals surface area contributed by atoms with E-state index in [1.54, 1.807) is 18.2 Å². The normalized spacial score (nSPS) is 10.5. The Hall–Kier alpha value is -2.42. The van der Waals surface area contributed by atoms with Gasteiger partial charge in [0, 0.05) is 0 Å². The maximum absolute atomic E-state index is 12.8. The highest BCUT2D eigenvalue weighted by Crippen LogP contribution is 2.27. The molecule has 0 aliphatic carbocycles. The first kappa shape index (κ1) is 11.1. The van der Waals surface area contributed by atoms with Gasteiger partial charge in [0.15, 0.2) is 0 Å². The van der Waals surface area contributed by atoms with Crippen molar-refractivity contribution in [2.24, 2.45) is 0 Å². The van der Waals surface area contributed by atoms with Gasteiger partial charge < -0.3 is 5.73 Å². The lowest BCUT2D eigenvalue weighted by atomic mass is 10.2. The van der Waals surface area contributed by atoms with Crippen LogP contribution in [-0.2, 0) is 0 Å². The summed E-state index contributed by atoms with van der Waals surface area (Å²) in [6.07, 6.45) is -1.55. The van der Waals surface area contributed by atoms with Crippen molar-refractivity contribution >= 4 is 5.69 Å². The van der Waals surface area contributed by atoms with E-state index in [0.29, 0.717) is 11.3 Å². The molecule has 0 saturated heterocycles. The van der Waals surface area contributed by atoms with E-state index in [1.807, 2.05) is 6.07 Å². The Kier molecular flexibility index (Phi) is 2.75. The molecule has 0 radical (unpaired) electrons. The summed E-state index contributed by atoms with van der Waals surface area (Å²) in [5.74, 6) is 0. The maximum Gasteiger partial charge on any atom is 0.282 e. The average Bonchev–Trinajstić information content (AvgIpc) is 2.71. The van der Waals surface area contributed by atoms with Crippen LogP contribution in [0.5, 0.6) is 0 Å².